The van der Waals surface area contributed by atoms with Gasteiger partial charge in [-0.05, 0) is 54.9 Å². The number of carbonyl (C=O) groups excluding carboxylic acids is 1. The maximum absolute atomic E-state index is 12.7. The number of aromatic nitrogens is 1. The number of H-pyrrole nitrogens is 1. The first-order chi connectivity index (χ1) is 13.0. The first kappa shape index (κ1) is 17.8. The molecule has 0 bridgehead atoms. The average Bonchev–Trinajstić information content (AvgIpc) is 2.99. The summed E-state index contributed by atoms with van der Waals surface area (Å²) in [4.78, 5) is 29.8. The lowest BCUT2D eigenvalue weighted by Crippen LogP contribution is -2.23. The van der Waals surface area contributed by atoms with Crippen LogP contribution in [0.2, 0.25) is 0 Å². The Bertz CT molecular complexity index is 1080. The molecule has 0 saturated heterocycles. The summed E-state index contributed by atoms with van der Waals surface area (Å²) in [7, 11) is 0. The Hall–Kier alpha value is -2.60. The molecule has 0 saturated carbocycles. The van der Waals surface area contributed by atoms with Gasteiger partial charge in [-0.1, -0.05) is 26.0 Å². The number of hydrogen-bond acceptors (Lipinski definition) is 4. The van der Waals surface area contributed by atoms with Crippen molar-refractivity contribution in [1.29, 1.82) is 0 Å². The van der Waals surface area contributed by atoms with Crippen LogP contribution in [0.1, 0.15) is 46.6 Å². The molecule has 0 aliphatic heterocycles. The number of carbonyl (C=O) groups is 1. The van der Waals surface area contributed by atoms with Crippen LogP contribution >= 0.6 is 11.3 Å². The predicted molar refractivity (Wildman–Crippen MR) is 109 cm³/mol. The van der Waals surface area contributed by atoms with Gasteiger partial charge in [0.05, 0.1) is 5.39 Å². The highest BCUT2D eigenvalue weighted by molar-refractivity contribution is 7.18. The molecule has 3 N–H and O–H groups in total. The third-order valence-electron chi connectivity index (χ3n) is 5.29. The third kappa shape index (κ3) is 3.14. The van der Waals surface area contributed by atoms with Crippen LogP contribution in [0.5, 0.6) is 5.75 Å². The minimum Gasteiger partial charge on any atom is -0.506 e. The quantitative estimate of drug-likeness (QED) is 0.634. The van der Waals surface area contributed by atoms with Gasteiger partial charge in [-0.2, -0.15) is 0 Å². The van der Waals surface area contributed by atoms with Crippen LogP contribution in [0.15, 0.2) is 29.1 Å². The number of aromatic hydroxyl groups is 1. The number of nitrogens with one attached hydrogen (secondary N) is 2. The van der Waals surface area contributed by atoms with E-state index in [0.29, 0.717) is 21.8 Å². The van der Waals surface area contributed by atoms with E-state index >= 15 is 0 Å². The molecule has 140 valence electrons. The van der Waals surface area contributed by atoms with E-state index in [1.165, 1.54) is 16.2 Å². The van der Waals surface area contributed by atoms with E-state index in [9.17, 15) is 14.7 Å². The Morgan fingerprint density at radius 3 is 2.78 bits per heavy atom. The van der Waals surface area contributed by atoms with Crippen molar-refractivity contribution in [2.45, 2.75) is 39.5 Å². The number of amides is 1. The van der Waals surface area contributed by atoms with E-state index in [1.54, 1.807) is 12.1 Å². The van der Waals surface area contributed by atoms with Gasteiger partial charge < -0.3 is 15.4 Å². The van der Waals surface area contributed by atoms with Crippen LogP contribution in [-0.4, -0.2) is 16.0 Å². The van der Waals surface area contributed by atoms with Gasteiger partial charge in [0.1, 0.15) is 16.1 Å². The molecule has 1 aliphatic rings. The van der Waals surface area contributed by atoms with Crippen molar-refractivity contribution in [2.24, 2.45) is 5.92 Å². The van der Waals surface area contributed by atoms with Crippen molar-refractivity contribution in [2.75, 3.05) is 5.32 Å². The molecular weight excluding hydrogens is 360 g/mol. The lowest BCUT2D eigenvalue weighted by molar-refractivity contribution is 0.102. The Morgan fingerprint density at radius 1 is 1.33 bits per heavy atom. The summed E-state index contributed by atoms with van der Waals surface area (Å²) in [6.45, 7) is 4.27. The molecule has 6 heteroatoms. The fourth-order valence-corrected chi connectivity index (χ4v) is 5.12. The van der Waals surface area contributed by atoms with E-state index in [0.717, 1.165) is 36.8 Å². The van der Waals surface area contributed by atoms with Crippen molar-refractivity contribution in [3.8, 4) is 5.75 Å². The van der Waals surface area contributed by atoms with Gasteiger partial charge in [0.15, 0.2) is 0 Å². The lowest BCUT2D eigenvalue weighted by atomic mass is 9.89. The van der Waals surface area contributed by atoms with Crippen LogP contribution in [0.3, 0.4) is 0 Å². The van der Waals surface area contributed by atoms with Crippen LogP contribution < -0.4 is 10.9 Å². The number of pyridine rings is 1. The molecule has 0 spiro atoms. The smallest absolute Gasteiger partial charge is 0.265 e. The van der Waals surface area contributed by atoms with Gasteiger partial charge in [-0.25, -0.2) is 0 Å². The summed E-state index contributed by atoms with van der Waals surface area (Å²) in [6, 6.07) is 7.46. The molecule has 2 heterocycles. The SMILES string of the molecule is CCc1ccc(NC(=O)c2c(O)c3c4c(sc3[nH]c2=O)C[C@@H](C)CC4)cc1. The molecule has 1 amide bonds. The number of aromatic amines is 1. The highest BCUT2D eigenvalue weighted by atomic mass is 32.1. The molecule has 2 aromatic heterocycles. The van der Waals surface area contributed by atoms with Gasteiger partial charge in [0, 0.05) is 10.6 Å². The topological polar surface area (TPSA) is 82.2 Å². The number of anilines is 1. The number of aryl methyl sites for hydroxylation is 2. The number of benzene rings is 1. The second-order valence-electron chi connectivity index (χ2n) is 7.24. The molecule has 4 rings (SSSR count). The van der Waals surface area contributed by atoms with Gasteiger partial charge in [0.25, 0.3) is 11.5 Å². The number of thiophene rings is 1. The Morgan fingerprint density at radius 2 is 2.07 bits per heavy atom. The van der Waals surface area contributed by atoms with Crippen molar-refractivity contribution >= 4 is 33.1 Å². The van der Waals surface area contributed by atoms with Gasteiger partial charge in [-0.3, -0.25) is 9.59 Å². The molecule has 0 radical (unpaired) electrons. The fourth-order valence-electron chi connectivity index (χ4n) is 3.72. The normalized spacial score (nSPS) is 16.3. The molecule has 5 nitrogen and oxygen atoms in total. The maximum atomic E-state index is 12.7. The first-order valence-corrected chi connectivity index (χ1v) is 10.1. The van der Waals surface area contributed by atoms with Gasteiger partial charge >= 0.3 is 0 Å². The van der Waals surface area contributed by atoms with E-state index in [1.807, 2.05) is 12.1 Å². The second kappa shape index (κ2) is 6.85. The van der Waals surface area contributed by atoms with Crippen molar-refractivity contribution in [1.82, 2.24) is 4.98 Å². The van der Waals surface area contributed by atoms with E-state index < -0.39 is 11.5 Å². The van der Waals surface area contributed by atoms with Crippen molar-refractivity contribution in [3.63, 3.8) is 0 Å². The number of rotatable bonds is 3. The summed E-state index contributed by atoms with van der Waals surface area (Å²) in [6.07, 6.45) is 3.76. The van der Waals surface area contributed by atoms with Crippen LogP contribution in [-0.2, 0) is 19.3 Å². The molecule has 0 fully saturated rings. The highest BCUT2D eigenvalue weighted by Gasteiger charge is 2.27. The minimum absolute atomic E-state index is 0.205. The summed E-state index contributed by atoms with van der Waals surface area (Å²) < 4.78 is 0. The Balaban J connectivity index is 1.74. The largest absolute Gasteiger partial charge is 0.506 e. The van der Waals surface area contributed by atoms with Gasteiger partial charge in [0.2, 0.25) is 0 Å². The Kier molecular flexibility index (Phi) is 4.52. The number of fused-ring (bicyclic) bond motifs is 3. The van der Waals surface area contributed by atoms with Crippen LogP contribution in [0.4, 0.5) is 5.69 Å². The molecule has 0 unspecified atom stereocenters. The first-order valence-electron chi connectivity index (χ1n) is 9.27. The zero-order valence-electron chi connectivity index (χ0n) is 15.4. The predicted octanol–water partition coefficient (Wildman–Crippen LogP) is 4.23. The summed E-state index contributed by atoms with van der Waals surface area (Å²) in [5.74, 6) is -0.208. The van der Waals surface area contributed by atoms with E-state index in [4.69, 9.17) is 0 Å². The van der Waals surface area contributed by atoms with E-state index in [-0.39, 0.29) is 11.3 Å². The molecule has 1 aliphatic carbocycles. The summed E-state index contributed by atoms with van der Waals surface area (Å²) in [5, 5.41) is 14.1. The van der Waals surface area contributed by atoms with Crippen LogP contribution in [0, 0.1) is 5.92 Å². The van der Waals surface area contributed by atoms with Crippen molar-refractivity contribution < 1.29 is 9.90 Å². The number of hydrogen-bond donors (Lipinski definition) is 3. The highest BCUT2D eigenvalue weighted by Crippen LogP contribution is 2.41. The monoisotopic (exact) mass is 382 g/mol. The third-order valence-corrected chi connectivity index (χ3v) is 6.46. The molecular formula is C21H22N2O3S. The molecule has 3 aromatic rings. The zero-order valence-corrected chi connectivity index (χ0v) is 16.2. The van der Waals surface area contributed by atoms with Crippen molar-refractivity contribution in [3.05, 3.63) is 56.2 Å². The molecule has 1 atom stereocenters. The van der Waals surface area contributed by atoms with Crippen LogP contribution in [0.25, 0.3) is 10.2 Å². The van der Waals surface area contributed by atoms with E-state index in [2.05, 4.69) is 24.1 Å². The standard InChI is InChI=1S/C21H22N2O3S/c1-3-12-5-7-13(8-6-12)22-19(25)17-18(24)16-14-9-4-11(2)10-15(14)27-21(16)23-20(17)26/h5-8,11H,3-4,9-10H2,1-2H3,(H,22,25)(H2,23,24,26)/t11-/m0/s1. The molecule has 1 aromatic carbocycles. The molecule has 27 heavy (non-hydrogen) atoms. The maximum Gasteiger partial charge on any atom is 0.265 e. The second-order valence-corrected chi connectivity index (χ2v) is 8.34. The van der Waals surface area contributed by atoms with Gasteiger partial charge in [-0.15, -0.1) is 11.3 Å². The fraction of sp³-hybridized carbons (Fsp3) is 0.333. The summed E-state index contributed by atoms with van der Waals surface area (Å²) >= 11 is 1.51. The zero-order chi connectivity index (χ0) is 19.1. The summed E-state index contributed by atoms with van der Waals surface area (Å²) in [5.41, 5.74) is 2.05. The average molecular weight is 382 g/mol. The minimum atomic E-state index is -0.593. The lowest BCUT2D eigenvalue weighted by Gasteiger charge is -2.18. The Labute approximate surface area is 161 Å².